The molecule has 1 aliphatic rings. The van der Waals surface area contributed by atoms with Crippen molar-refractivity contribution in [2.75, 3.05) is 32.9 Å². The van der Waals surface area contributed by atoms with Crippen LogP contribution in [0.25, 0.3) is 0 Å². The Morgan fingerprint density at radius 1 is 0.950 bits per heavy atom. The van der Waals surface area contributed by atoms with Crippen LogP contribution in [0.1, 0.15) is 63.0 Å². The first-order valence-electron chi connectivity index (χ1n) is 14.3. The number of carbonyl (C=O) groups is 2. The maximum absolute atomic E-state index is 13.0. The number of hydrogen-bond donors (Lipinski definition) is 1. The molecule has 9 heteroatoms. The molecule has 0 spiro atoms. The molecule has 220 valence electrons. The SMILES string of the molecule is CCOC(Cc1ccc(OCCN(CCCCOCc2ccc(F)cc2)C(=O)OC2CCCCC2)cc1)C(=O)O. The number of nitrogens with zero attached hydrogens (tertiary/aromatic N) is 1. The second-order valence-electron chi connectivity index (χ2n) is 10.00. The van der Waals surface area contributed by atoms with Gasteiger partial charge >= 0.3 is 12.1 Å². The first-order valence-corrected chi connectivity index (χ1v) is 14.3. The molecule has 0 radical (unpaired) electrons. The highest BCUT2D eigenvalue weighted by atomic mass is 19.1. The average molecular weight is 560 g/mol. The summed E-state index contributed by atoms with van der Waals surface area (Å²) < 4.78 is 35.7. The van der Waals surface area contributed by atoms with E-state index < -0.39 is 12.1 Å². The van der Waals surface area contributed by atoms with Crippen LogP contribution in [0.5, 0.6) is 5.75 Å². The van der Waals surface area contributed by atoms with Gasteiger partial charge in [0.1, 0.15) is 24.3 Å². The number of hydrogen-bond acceptors (Lipinski definition) is 6. The molecule has 40 heavy (non-hydrogen) atoms. The average Bonchev–Trinajstić information content (AvgIpc) is 2.96. The molecule has 3 rings (SSSR count). The van der Waals surface area contributed by atoms with Crippen LogP contribution < -0.4 is 4.74 Å². The fourth-order valence-electron chi connectivity index (χ4n) is 4.60. The normalized spacial score (nSPS) is 14.4. The van der Waals surface area contributed by atoms with E-state index in [4.69, 9.17) is 18.9 Å². The summed E-state index contributed by atoms with van der Waals surface area (Å²) >= 11 is 0. The molecule has 1 fully saturated rings. The summed E-state index contributed by atoms with van der Waals surface area (Å²) in [5.41, 5.74) is 1.76. The third kappa shape index (κ3) is 11.5. The van der Waals surface area contributed by atoms with Crippen LogP contribution in [0, 0.1) is 5.82 Å². The van der Waals surface area contributed by atoms with Crippen molar-refractivity contribution < 1.29 is 38.0 Å². The van der Waals surface area contributed by atoms with Crippen LogP contribution in [0.4, 0.5) is 9.18 Å². The molecule has 1 aliphatic carbocycles. The number of unbranched alkanes of at least 4 members (excludes halogenated alkanes) is 1. The van der Waals surface area contributed by atoms with Gasteiger partial charge in [0.05, 0.1) is 13.2 Å². The zero-order valence-electron chi connectivity index (χ0n) is 23.4. The highest BCUT2D eigenvalue weighted by Gasteiger charge is 2.22. The van der Waals surface area contributed by atoms with Gasteiger partial charge in [-0.25, -0.2) is 14.0 Å². The van der Waals surface area contributed by atoms with Crippen LogP contribution in [-0.4, -0.2) is 67.2 Å². The topological polar surface area (TPSA) is 94.5 Å². The molecule has 8 nitrogen and oxygen atoms in total. The standard InChI is InChI=1S/C31H42FNO7/c1-2-38-29(30(34)35)22-24-12-16-27(17-13-24)39-21-19-33(31(36)40-28-8-4-3-5-9-28)18-6-7-20-37-23-25-10-14-26(32)15-11-25/h10-17,28-29H,2-9,18-23H2,1H3,(H,34,35). The van der Waals surface area contributed by atoms with Gasteiger partial charge < -0.3 is 29.0 Å². The predicted molar refractivity (Wildman–Crippen MR) is 149 cm³/mol. The monoisotopic (exact) mass is 559 g/mol. The summed E-state index contributed by atoms with van der Waals surface area (Å²) in [5, 5.41) is 9.29. The Morgan fingerprint density at radius 3 is 2.33 bits per heavy atom. The smallest absolute Gasteiger partial charge is 0.410 e. The van der Waals surface area contributed by atoms with Gasteiger partial charge in [-0.15, -0.1) is 0 Å². The first kappa shape index (κ1) is 31.4. The Labute approximate surface area is 236 Å². The maximum atomic E-state index is 13.0. The summed E-state index contributed by atoms with van der Waals surface area (Å²) in [6, 6.07) is 13.5. The Balaban J connectivity index is 1.44. The molecule has 0 heterocycles. The quantitative estimate of drug-likeness (QED) is 0.237. The summed E-state index contributed by atoms with van der Waals surface area (Å²) in [7, 11) is 0. The van der Waals surface area contributed by atoms with E-state index >= 15 is 0 Å². The van der Waals surface area contributed by atoms with Gasteiger partial charge in [-0.3, -0.25) is 0 Å². The lowest BCUT2D eigenvalue weighted by Crippen LogP contribution is -2.38. The number of carboxylic acid groups (broad SMARTS) is 1. The first-order chi connectivity index (χ1) is 19.4. The van der Waals surface area contributed by atoms with E-state index in [0.717, 1.165) is 49.7 Å². The zero-order chi connectivity index (χ0) is 28.6. The Morgan fingerprint density at radius 2 is 1.65 bits per heavy atom. The lowest BCUT2D eigenvalue weighted by atomic mass is 9.98. The van der Waals surface area contributed by atoms with Crippen LogP contribution in [-0.2, 0) is 32.0 Å². The van der Waals surface area contributed by atoms with Crippen molar-refractivity contribution in [1.82, 2.24) is 4.90 Å². The van der Waals surface area contributed by atoms with Crippen molar-refractivity contribution in [3.63, 3.8) is 0 Å². The maximum Gasteiger partial charge on any atom is 0.410 e. The van der Waals surface area contributed by atoms with E-state index in [1.165, 1.54) is 18.6 Å². The third-order valence-electron chi connectivity index (χ3n) is 6.84. The van der Waals surface area contributed by atoms with Gasteiger partial charge in [0, 0.05) is 26.2 Å². The largest absolute Gasteiger partial charge is 0.492 e. The van der Waals surface area contributed by atoms with Gasteiger partial charge in [0.2, 0.25) is 0 Å². The van der Waals surface area contributed by atoms with Crippen molar-refractivity contribution in [2.45, 2.75) is 77.1 Å². The van der Waals surface area contributed by atoms with Crippen LogP contribution in [0.2, 0.25) is 0 Å². The number of amides is 1. The fourth-order valence-corrected chi connectivity index (χ4v) is 4.60. The summed E-state index contributed by atoms with van der Waals surface area (Å²) in [4.78, 5) is 26.0. The van der Waals surface area contributed by atoms with Crippen molar-refractivity contribution in [2.24, 2.45) is 0 Å². The van der Waals surface area contributed by atoms with E-state index in [2.05, 4.69) is 0 Å². The van der Waals surface area contributed by atoms with E-state index in [1.807, 2.05) is 12.1 Å². The molecule has 1 atom stereocenters. The van der Waals surface area contributed by atoms with Gasteiger partial charge in [-0.1, -0.05) is 30.7 Å². The van der Waals surface area contributed by atoms with Crippen molar-refractivity contribution >= 4 is 12.1 Å². The third-order valence-corrected chi connectivity index (χ3v) is 6.84. The lowest BCUT2D eigenvalue weighted by molar-refractivity contribution is -0.149. The van der Waals surface area contributed by atoms with E-state index in [-0.39, 0.29) is 24.4 Å². The number of ether oxygens (including phenoxy) is 4. The molecule has 2 aromatic rings. The molecule has 1 amide bonds. The van der Waals surface area contributed by atoms with E-state index in [0.29, 0.717) is 45.3 Å². The second-order valence-corrected chi connectivity index (χ2v) is 10.00. The van der Waals surface area contributed by atoms with Crippen molar-refractivity contribution in [3.8, 4) is 5.75 Å². The second kappa shape index (κ2) is 17.5. The lowest BCUT2D eigenvalue weighted by Gasteiger charge is -2.27. The highest BCUT2D eigenvalue weighted by Crippen LogP contribution is 2.21. The van der Waals surface area contributed by atoms with Crippen LogP contribution in [0.3, 0.4) is 0 Å². The predicted octanol–water partition coefficient (Wildman–Crippen LogP) is 6.01. The molecule has 0 aromatic heterocycles. The molecule has 1 saturated carbocycles. The van der Waals surface area contributed by atoms with Crippen molar-refractivity contribution in [1.29, 1.82) is 0 Å². The highest BCUT2D eigenvalue weighted by molar-refractivity contribution is 5.72. The minimum atomic E-state index is -0.984. The van der Waals surface area contributed by atoms with E-state index in [9.17, 15) is 19.1 Å². The minimum Gasteiger partial charge on any atom is -0.492 e. The zero-order valence-corrected chi connectivity index (χ0v) is 23.4. The van der Waals surface area contributed by atoms with Crippen molar-refractivity contribution in [3.05, 3.63) is 65.5 Å². The molecular formula is C31H42FNO7. The van der Waals surface area contributed by atoms with E-state index in [1.54, 1.807) is 36.1 Å². The summed E-state index contributed by atoms with van der Waals surface area (Å²) in [6.07, 6.45) is 5.75. The van der Waals surface area contributed by atoms with Crippen LogP contribution >= 0.6 is 0 Å². The molecule has 1 unspecified atom stereocenters. The summed E-state index contributed by atoms with van der Waals surface area (Å²) in [5.74, 6) is -0.611. The number of carboxylic acids is 1. The number of benzene rings is 2. The minimum absolute atomic E-state index is 0.0254. The number of carbonyl (C=O) groups excluding carboxylic acids is 1. The Hall–Kier alpha value is -3.17. The molecule has 0 saturated heterocycles. The Kier molecular flexibility index (Phi) is 13.7. The molecule has 0 aliphatic heterocycles. The molecule has 0 bridgehead atoms. The molecule has 1 N–H and O–H groups in total. The number of rotatable bonds is 17. The van der Waals surface area contributed by atoms with Gasteiger partial charge in [0.15, 0.2) is 6.10 Å². The number of aliphatic carboxylic acids is 1. The number of halogens is 1. The Bertz CT molecular complexity index is 1010. The molecule has 2 aromatic carbocycles. The molecular weight excluding hydrogens is 517 g/mol. The fraction of sp³-hybridized carbons (Fsp3) is 0.548. The summed E-state index contributed by atoms with van der Waals surface area (Å²) in [6.45, 7) is 4.28. The van der Waals surface area contributed by atoms with Crippen LogP contribution in [0.15, 0.2) is 48.5 Å². The van der Waals surface area contributed by atoms with Gasteiger partial charge in [0.25, 0.3) is 0 Å². The van der Waals surface area contributed by atoms with Gasteiger partial charge in [-0.05, 0) is 80.8 Å². The van der Waals surface area contributed by atoms with Gasteiger partial charge in [-0.2, -0.15) is 0 Å².